The van der Waals surface area contributed by atoms with Gasteiger partial charge in [0.25, 0.3) is 0 Å². The quantitative estimate of drug-likeness (QED) is 0.464. The van der Waals surface area contributed by atoms with Crippen molar-refractivity contribution in [2.75, 3.05) is 0 Å². The summed E-state index contributed by atoms with van der Waals surface area (Å²) in [6, 6.07) is 2.61. The van der Waals surface area contributed by atoms with Gasteiger partial charge in [-0.1, -0.05) is 6.07 Å². The first-order chi connectivity index (χ1) is 7.13. The molecule has 8 heteroatoms. The maximum Gasteiger partial charge on any atom is 0.534 e. The molecule has 0 atom stereocenters. The number of rotatable bonds is 2. The molecule has 0 amide bonds. The molecule has 0 N–H and O–H groups in total. The Labute approximate surface area is 88.8 Å². The Bertz CT molecular complexity index is 492. The third-order valence-electron chi connectivity index (χ3n) is 1.63. The van der Waals surface area contributed by atoms with Crippen molar-refractivity contribution >= 4 is 10.1 Å². The monoisotopic (exact) mass is 258 g/mol. The van der Waals surface area contributed by atoms with E-state index in [0.717, 1.165) is 12.1 Å². The predicted octanol–water partition coefficient (Wildman–Crippen LogP) is 2.36. The summed E-state index contributed by atoms with van der Waals surface area (Å²) >= 11 is 0. The standard InChI is InChI=1S/C8H6F4O3S/c1-5-2-3-6(4-7(5)9)15-16(13,14)8(10,11)12/h2-4H,1H3. The van der Waals surface area contributed by atoms with Crippen molar-refractivity contribution in [3.63, 3.8) is 0 Å². The number of alkyl halides is 3. The topological polar surface area (TPSA) is 43.4 Å². The maximum atomic E-state index is 12.9. The highest BCUT2D eigenvalue weighted by molar-refractivity contribution is 7.87. The van der Waals surface area contributed by atoms with Crippen molar-refractivity contribution in [1.29, 1.82) is 0 Å². The normalized spacial score (nSPS) is 12.6. The molecule has 0 aromatic heterocycles. The molecule has 16 heavy (non-hydrogen) atoms. The molecule has 1 aromatic carbocycles. The van der Waals surface area contributed by atoms with Crippen LogP contribution in [0, 0.1) is 12.7 Å². The Kier molecular flexibility index (Phi) is 3.13. The lowest BCUT2D eigenvalue weighted by molar-refractivity contribution is -0.0500. The average molecular weight is 258 g/mol. The van der Waals surface area contributed by atoms with Crippen LogP contribution in [0.4, 0.5) is 17.6 Å². The Hall–Kier alpha value is -1.31. The molecule has 3 nitrogen and oxygen atoms in total. The van der Waals surface area contributed by atoms with Gasteiger partial charge in [0.2, 0.25) is 0 Å². The summed E-state index contributed by atoms with van der Waals surface area (Å²) in [6.45, 7) is 1.37. The van der Waals surface area contributed by atoms with Crippen LogP contribution in [0.15, 0.2) is 18.2 Å². The summed E-state index contributed by atoms with van der Waals surface area (Å²) in [5.41, 5.74) is -5.37. The summed E-state index contributed by atoms with van der Waals surface area (Å²) in [7, 11) is -5.75. The van der Waals surface area contributed by atoms with Gasteiger partial charge in [0.1, 0.15) is 11.6 Å². The zero-order valence-electron chi connectivity index (χ0n) is 7.88. The van der Waals surface area contributed by atoms with Crippen LogP contribution in [0.3, 0.4) is 0 Å². The summed E-state index contributed by atoms with van der Waals surface area (Å²) in [5, 5.41) is 0. The van der Waals surface area contributed by atoms with Gasteiger partial charge in [-0.15, -0.1) is 0 Å². The second-order valence-electron chi connectivity index (χ2n) is 2.89. The molecule has 90 valence electrons. The maximum absolute atomic E-state index is 12.9. The highest BCUT2D eigenvalue weighted by Gasteiger charge is 2.48. The van der Waals surface area contributed by atoms with Crippen molar-refractivity contribution in [2.45, 2.75) is 12.4 Å². The van der Waals surface area contributed by atoms with E-state index < -0.39 is 27.2 Å². The van der Waals surface area contributed by atoms with Gasteiger partial charge in [-0.3, -0.25) is 0 Å². The van der Waals surface area contributed by atoms with Crippen molar-refractivity contribution < 1.29 is 30.2 Å². The first-order valence-electron chi connectivity index (χ1n) is 3.90. The van der Waals surface area contributed by atoms with Crippen LogP contribution in [0.2, 0.25) is 0 Å². The average Bonchev–Trinajstić information content (AvgIpc) is 2.09. The van der Waals surface area contributed by atoms with Gasteiger partial charge in [-0.2, -0.15) is 21.6 Å². The van der Waals surface area contributed by atoms with Gasteiger partial charge in [-0.05, 0) is 18.6 Å². The molecule has 0 aliphatic rings. The summed E-state index contributed by atoms with van der Waals surface area (Å²) in [6.07, 6.45) is 0. The summed E-state index contributed by atoms with van der Waals surface area (Å²) in [4.78, 5) is 0. The zero-order chi connectivity index (χ0) is 12.6. The fraction of sp³-hybridized carbons (Fsp3) is 0.250. The molecule has 0 bridgehead atoms. The van der Waals surface area contributed by atoms with Crippen LogP contribution in [-0.2, 0) is 10.1 Å². The zero-order valence-corrected chi connectivity index (χ0v) is 8.69. The minimum Gasteiger partial charge on any atom is -0.376 e. The van der Waals surface area contributed by atoms with E-state index >= 15 is 0 Å². The van der Waals surface area contributed by atoms with E-state index in [9.17, 15) is 26.0 Å². The van der Waals surface area contributed by atoms with Crippen LogP contribution < -0.4 is 4.18 Å². The highest BCUT2D eigenvalue weighted by atomic mass is 32.2. The molecule has 0 aliphatic carbocycles. The fourth-order valence-electron chi connectivity index (χ4n) is 0.799. The molecule has 0 heterocycles. The molecule has 0 fully saturated rings. The molecule has 1 rings (SSSR count). The van der Waals surface area contributed by atoms with E-state index in [1.807, 2.05) is 0 Å². The van der Waals surface area contributed by atoms with Crippen molar-refractivity contribution in [3.05, 3.63) is 29.6 Å². The van der Waals surface area contributed by atoms with Crippen LogP contribution in [0.5, 0.6) is 5.75 Å². The van der Waals surface area contributed by atoms with Gasteiger partial charge in [-0.25, -0.2) is 4.39 Å². The molecule has 0 saturated carbocycles. The summed E-state index contributed by atoms with van der Waals surface area (Å²) < 4.78 is 73.4. The van der Waals surface area contributed by atoms with Crippen molar-refractivity contribution in [1.82, 2.24) is 0 Å². The van der Waals surface area contributed by atoms with Crippen LogP contribution >= 0.6 is 0 Å². The molecule has 0 aliphatic heterocycles. The Morgan fingerprint density at radius 3 is 2.25 bits per heavy atom. The van der Waals surface area contributed by atoms with Crippen molar-refractivity contribution in [2.24, 2.45) is 0 Å². The number of halogens is 4. The van der Waals surface area contributed by atoms with Gasteiger partial charge in [0.15, 0.2) is 0 Å². The molecule has 0 unspecified atom stereocenters. The van der Waals surface area contributed by atoms with E-state index in [0.29, 0.717) is 6.07 Å². The Morgan fingerprint density at radius 2 is 1.81 bits per heavy atom. The van der Waals surface area contributed by atoms with Crippen LogP contribution in [0.1, 0.15) is 5.56 Å². The third-order valence-corrected chi connectivity index (χ3v) is 2.61. The Balaban J connectivity index is 3.03. The van der Waals surface area contributed by atoms with E-state index in [-0.39, 0.29) is 5.56 Å². The second kappa shape index (κ2) is 3.93. The van der Waals surface area contributed by atoms with Gasteiger partial charge in [0.05, 0.1) is 0 Å². The predicted molar refractivity (Wildman–Crippen MR) is 46.7 cm³/mol. The third kappa shape index (κ3) is 2.63. The molecule has 1 aromatic rings. The molecular formula is C8H6F4O3S. The van der Waals surface area contributed by atoms with Gasteiger partial charge in [0, 0.05) is 6.07 Å². The van der Waals surface area contributed by atoms with E-state index in [1.54, 1.807) is 0 Å². The summed E-state index contributed by atoms with van der Waals surface area (Å²) in [5.74, 6) is -1.57. The number of benzene rings is 1. The van der Waals surface area contributed by atoms with E-state index in [4.69, 9.17) is 0 Å². The van der Waals surface area contributed by atoms with Crippen LogP contribution in [0.25, 0.3) is 0 Å². The largest absolute Gasteiger partial charge is 0.534 e. The minimum atomic E-state index is -5.75. The van der Waals surface area contributed by atoms with Gasteiger partial charge >= 0.3 is 15.6 Å². The molecule has 0 radical (unpaired) electrons. The SMILES string of the molecule is Cc1ccc(OS(=O)(=O)C(F)(F)F)cc1F. The number of hydrogen-bond acceptors (Lipinski definition) is 3. The van der Waals surface area contributed by atoms with E-state index in [1.165, 1.54) is 6.92 Å². The van der Waals surface area contributed by atoms with Crippen LogP contribution in [-0.4, -0.2) is 13.9 Å². The first-order valence-corrected chi connectivity index (χ1v) is 5.31. The second-order valence-corrected chi connectivity index (χ2v) is 4.43. The number of hydrogen-bond donors (Lipinski definition) is 0. The van der Waals surface area contributed by atoms with E-state index in [2.05, 4.69) is 4.18 Å². The minimum absolute atomic E-state index is 0.164. The molecular weight excluding hydrogens is 252 g/mol. The molecule has 0 saturated heterocycles. The highest BCUT2D eigenvalue weighted by Crippen LogP contribution is 2.27. The smallest absolute Gasteiger partial charge is 0.376 e. The number of aryl methyl sites for hydroxylation is 1. The lowest BCUT2D eigenvalue weighted by atomic mass is 10.2. The fourth-order valence-corrected chi connectivity index (χ4v) is 1.25. The van der Waals surface area contributed by atoms with Crippen molar-refractivity contribution in [3.8, 4) is 5.75 Å². The van der Waals surface area contributed by atoms with Gasteiger partial charge < -0.3 is 4.18 Å². The Morgan fingerprint density at radius 1 is 1.25 bits per heavy atom. The first kappa shape index (κ1) is 12.8. The lowest BCUT2D eigenvalue weighted by Crippen LogP contribution is -2.28. The molecule has 0 spiro atoms. The lowest BCUT2D eigenvalue weighted by Gasteiger charge is -2.09.